The zero-order valence-corrected chi connectivity index (χ0v) is 17.8. The summed E-state index contributed by atoms with van der Waals surface area (Å²) >= 11 is 0. The van der Waals surface area contributed by atoms with Gasteiger partial charge in [0.25, 0.3) is 0 Å². The lowest BCUT2D eigenvalue weighted by Crippen LogP contribution is -2.44. The van der Waals surface area contributed by atoms with Gasteiger partial charge in [-0.3, -0.25) is 14.5 Å². The minimum absolute atomic E-state index is 0.0767. The van der Waals surface area contributed by atoms with Crippen LogP contribution in [0.1, 0.15) is 37.7 Å². The van der Waals surface area contributed by atoms with Crippen LogP contribution in [0.15, 0.2) is 54.6 Å². The molecule has 0 atom stereocenters. The van der Waals surface area contributed by atoms with E-state index in [2.05, 4.69) is 10.6 Å². The highest BCUT2D eigenvalue weighted by Crippen LogP contribution is 2.21. The fraction of sp³-hybridized carbons (Fsp3) is 0.375. The predicted molar refractivity (Wildman–Crippen MR) is 120 cm³/mol. The van der Waals surface area contributed by atoms with Crippen molar-refractivity contribution in [2.45, 2.75) is 45.1 Å². The minimum Gasteiger partial charge on any atom is -0.461 e. The Morgan fingerprint density at radius 3 is 2.45 bits per heavy atom. The summed E-state index contributed by atoms with van der Waals surface area (Å²) in [4.78, 5) is 38.9. The van der Waals surface area contributed by atoms with E-state index in [9.17, 15) is 14.4 Å². The summed E-state index contributed by atoms with van der Waals surface area (Å²) < 4.78 is 5.58. The lowest BCUT2D eigenvalue weighted by Gasteiger charge is -2.25. The van der Waals surface area contributed by atoms with Gasteiger partial charge in [0.1, 0.15) is 12.6 Å². The van der Waals surface area contributed by atoms with Gasteiger partial charge < -0.3 is 15.4 Å². The molecule has 31 heavy (non-hydrogen) atoms. The van der Waals surface area contributed by atoms with Gasteiger partial charge in [-0.15, -0.1) is 0 Å². The monoisotopic (exact) mass is 423 g/mol. The molecule has 0 unspecified atom stereocenters. The van der Waals surface area contributed by atoms with Gasteiger partial charge >= 0.3 is 12.0 Å². The van der Waals surface area contributed by atoms with Crippen molar-refractivity contribution >= 4 is 29.3 Å². The van der Waals surface area contributed by atoms with Crippen LogP contribution in [0.25, 0.3) is 0 Å². The lowest BCUT2D eigenvalue weighted by atomic mass is 9.98. The third-order valence-corrected chi connectivity index (χ3v) is 5.18. The molecule has 0 heterocycles. The van der Waals surface area contributed by atoms with Crippen molar-refractivity contribution in [3.05, 3.63) is 60.2 Å². The second-order valence-electron chi connectivity index (χ2n) is 7.74. The second-order valence-corrected chi connectivity index (χ2v) is 7.74. The molecule has 2 N–H and O–H groups in total. The van der Waals surface area contributed by atoms with Gasteiger partial charge in [0, 0.05) is 11.4 Å². The van der Waals surface area contributed by atoms with Crippen molar-refractivity contribution in [2.24, 2.45) is 0 Å². The highest BCUT2D eigenvalue weighted by molar-refractivity contribution is 6.01. The van der Waals surface area contributed by atoms with Gasteiger partial charge in [0.2, 0.25) is 5.91 Å². The molecule has 0 bridgehead atoms. The number of nitrogens with one attached hydrogen (secondary N) is 2. The molecule has 1 aliphatic carbocycles. The van der Waals surface area contributed by atoms with Crippen LogP contribution in [0.2, 0.25) is 0 Å². The topological polar surface area (TPSA) is 87.7 Å². The Kier molecular flexibility index (Phi) is 8.04. The minimum atomic E-state index is -0.489. The summed E-state index contributed by atoms with van der Waals surface area (Å²) in [6.45, 7) is 1.49. The smallest absolute Gasteiger partial charge is 0.326 e. The molecule has 164 valence electrons. The van der Waals surface area contributed by atoms with Crippen LogP contribution in [0.5, 0.6) is 0 Å². The van der Waals surface area contributed by atoms with Gasteiger partial charge in [-0.05, 0) is 62.4 Å². The van der Waals surface area contributed by atoms with Gasteiger partial charge in [-0.2, -0.15) is 0 Å². The number of aryl methyl sites for hydroxylation is 1. The summed E-state index contributed by atoms with van der Waals surface area (Å²) in [5, 5.41) is 5.26. The first-order chi connectivity index (χ1) is 15.0. The molecule has 0 saturated heterocycles. The molecule has 1 fully saturated rings. The zero-order chi connectivity index (χ0) is 22.1. The maximum absolute atomic E-state index is 12.9. The molecule has 3 rings (SSSR count). The number of carbonyl (C=O) groups excluding carboxylic acids is 3. The maximum Gasteiger partial charge on any atom is 0.326 e. The molecular formula is C24H29N3O4. The van der Waals surface area contributed by atoms with Gasteiger partial charge in [0.05, 0.1) is 6.54 Å². The Bertz CT molecular complexity index is 895. The normalized spacial score (nSPS) is 13.8. The maximum atomic E-state index is 12.9. The Balaban J connectivity index is 1.58. The fourth-order valence-electron chi connectivity index (χ4n) is 3.62. The number of esters is 1. The molecule has 7 nitrogen and oxygen atoms in total. The van der Waals surface area contributed by atoms with Crippen LogP contribution in [-0.2, 0) is 14.3 Å². The Labute approximate surface area is 182 Å². The van der Waals surface area contributed by atoms with E-state index in [4.69, 9.17) is 4.74 Å². The van der Waals surface area contributed by atoms with E-state index in [0.29, 0.717) is 11.4 Å². The first-order valence-electron chi connectivity index (χ1n) is 10.7. The van der Waals surface area contributed by atoms with Crippen molar-refractivity contribution < 1.29 is 19.1 Å². The molecule has 1 saturated carbocycles. The van der Waals surface area contributed by atoms with E-state index >= 15 is 0 Å². The summed E-state index contributed by atoms with van der Waals surface area (Å²) in [7, 11) is 0. The average molecular weight is 424 g/mol. The van der Waals surface area contributed by atoms with Gasteiger partial charge in [-0.25, -0.2) is 4.79 Å². The highest BCUT2D eigenvalue weighted by atomic mass is 16.5. The van der Waals surface area contributed by atoms with E-state index in [1.54, 1.807) is 30.3 Å². The average Bonchev–Trinajstić information content (AvgIpc) is 2.77. The van der Waals surface area contributed by atoms with Crippen LogP contribution in [0, 0.1) is 6.92 Å². The van der Waals surface area contributed by atoms with Crippen LogP contribution in [0.4, 0.5) is 16.2 Å². The summed E-state index contributed by atoms with van der Waals surface area (Å²) in [6.07, 6.45) is 4.93. The van der Waals surface area contributed by atoms with Crippen molar-refractivity contribution in [3.63, 3.8) is 0 Å². The molecule has 0 radical (unpaired) electrons. The number of rotatable bonds is 7. The van der Waals surface area contributed by atoms with Gasteiger partial charge in [-0.1, -0.05) is 36.8 Å². The number of para-hydroxylation sites is 1. The molecular weight excluding hydrogens is 394 g/mol. The number of hydrogen-bond acceptors (Lipinski definition) is 4. The lowest BCUT2D eigenvalue weighted by molar-refractivity contribution is -0.149. The number of hydrogen-bond donors (Lipinski definition) is 2. The predicted octanol–water partition coefficient (Wildman–Crippen LogP) is 4.03. The van der Waals surface area contributed by atoms with Crippen LogP contribution < -0.4 is 15.5 Å². The van der Waals surface area contributed by atoms with Crippen LogP contribution in [0.3, 0.4) is 0 Å². The quantitative estimate of drug-likeness (QED) is 0.659. The van der Waals surface area contributed by atoms with Crippen molar-refractivity contribution in [1.29, 1.82) is 0 Å². The second kappa shape index (κ2) is 11.2. The number of carbonyl (C=O) groups is 3. The summed E-state index contributed by atoms with van der Waals surface area (Å²) in [5.74, 6) is -0.834. The molecule has 3 amide bonds. The molecule has 2 aromatic carbocycles. The van der Waals surface area contributed by atoms with Crippen LogP contribution in [-0.4, -0.2) is 37.1 Å². The number of anilines is 2. The number of nitrogens with zero attached hydrogens (tertiary/aromatic N) is 1. The van der Waals surface area contributed by atoms with E-state index < -0.39 is 17.9 Å². The number of ether oxygens (including phenoxy) is 1. The van der Waals surface area contributed by atoms with E-state index in [-0.39, 0.29) is 19.2 Å². The first-order valence-corrected chi connectivity index (χ1v) is 10.7. The third-order valence-electron chi connectivity index (χ3n) is 5.18. The summed E-state index contributed by atoms with van der Waals surface area (Å²) in [5.41, 5.74) is 2.23. The standard InChI is InChI=1S/C24H29N3O4/c1-18-9-8-10-19(15-18)26-24(30)25-16-22(28)27(20-11-4-2-5-12-20)17-23(29)31-21-13-6-3-7-14-21/h2,4-5,8-12,15,21H,3,6-7,13-14,16-17H2,1H3,(H2,25,26,30). The third kappa shape index (κ3) is 7.13. The first kappa shape index (κ1) is 22.3. The summed E-state index contributed by atoms with van der Waals surface area (Å²) in [6, 6.07) is 15.8. The molecule has 0 spiro atoms. The van der Waals surface area contributed by atoms with E-state index in [1.165, 1.54) is 11.3 Å². The zero-order valence-electron chi connectivity index (χ0n) is 17.8. The largest absolute Gasteiger partial charge is 0.461 e. The fourth-order valence-corrected chi connectivity index (χ4v) is 3.62. The Hall–Kier alpha value is -3.35. The molecule has 2 aromatic rings. The van der Waals surface area contributed by atoms with E-state index in [0.717, 1.165) is 31.2 Å². The van der Waals surface area contributed by atoms with Crippen LogP contribution >= 0.6 is 0 Å². The Morgan fingerprint density at radius 1 is 1.00 bits per heavy atom. The van der Waals surface area contributed by atoms with Crippen molar-refractivity contribution in [2.75, 3.05) is 23.3 Å². The number of amides is 3. The molecule has 7 heteroatoms. The highest BCUT2D eigenvalue weighted by Gasteiger charge is 2.23. The van der Waals surface area contributed by atoms with E-state index in [1.807, 2.05) is 31.2 Å². The SMILES string of the molecule is Cc1cccc(NC(=O)NCC(=O)N(CC(=O)OC2CCCCC2)c2ccccc2)c1. The molecule has 1 aliphatic rings. The molecule has 0 aromatic heterocycles. The number of urea groups is 1. The van der Waals surface area contributed by atoms with Crippen molar-refractivity contribution in [3.8, 4) is 0 Å². The number of benzene rings is 2. The van der Waals surface area contributed by atoms with Gasteiger partial charge in [0.15, 0.2) is 0 Å². The molecule has 0 aliphatic heterocycles. The van der Waals surface area contributed by atoms with Crippen molar-refractivity contribution in [1.82, 2.24) is 5.32 Å². The Morgan fingerprint density at radius 2 is 1.74 bits per heavy atom.